The third kappa shape index (κ3) is 3.81. The van der Waals surface area contributed by atoms with Crippen molar-refractivity contribution in [1.29, 1.82) is 0 Å². The molecule has 1 N–H and O–H groups in total. The van der Waals surface area contributed by atoms with E-state index in [1.807, 2.05) is 19.1 Å². The Morgan fingerprint density at radius 2 is 2.14 bits per heavy atom. The largest absolute Gasteiger partial charge is 0.390 e. The average molecular weight is 257 g/mol. The molecule has 0 aliphatic rings. The molecule has 1 aromatic carbocycles. The Morgan fingerprint density at radius 3 is 2.71 bits per heavy atom. The second-order valence-electron chi connectivity index (χ2n) is 4.05. The molecule has 0 saturated heterocycles. The number of hydrogen-bond acceptors (Lipinski definition) is 1. The number of aliphatic hydroxyl groups is 1. The summed E-state index contributed by atoms with van der Waals surface area (Å²) < 4.78 is 1.07. The van der Waals surface area contributed by atoms with Gasteiger partial charge in [0.25, 0.3) is 0 Å². The van der Waals surface area contributed by atoms with Gasteiger partial charge in [0.2, 0.25) is 0 Å². The molecule has 2 heteroatoms. The SMILES string of the molecule is CCCC(C)(O)Cc1cccc(Br)c1. The highest BCUT2D eigenvalue weighted by Gasteiger charge is 2.19. The fourth-order valence-electron chi connectivity index (χ4n) is 1.71. The fourth-order valence-corrected chi connectivity index (χ4v) is 2.16. The van der Waals surface area contributed by atoms with Gasteiger partial charge >= 0.3 is 0 Å². The Labute approximate surface area is 94.3 Å². The molecule has 0 aliphatic heterocycles. The number of halogens is 1. The Morgan fingerprint density at radius 1 is 1.43 bits per heavy atom. The Balaban J connectivity index is 2.68. The zero-order valence-corrected chi connectivity index (χ0v) is 10.3. The lowest BCUT2D eigenvalue weighted by molar-refractivity contribution is 0.0505. The molecular weight excluding hydrogens is 240 g/mol. The van der Waals surface area contributed by atoms with E-state index in [0.29, 0.717) is 0 Å². The summed E-state index contributed by atoms with van der Waals surface area (Å²) in [6, 6.07) is 8.11. The van der Waals surface area contributed by atoms with Crippen molar-refractivity contribution in [2.75, 3.05) is 0 Å². The van der Waals surface area contributed by atoms with Gasteiger partial charge in [0.15, 0.2) is 0 Å². The quantitative estimate of drug-likeness (QED) is 0.874. The minimum absolute atomic E-state index is 0.574. The molecule has 0 radical (unpaired) electrons. The molecule has 1 atom stereocenters. The van der Waals surface area contributed by atoms with Crippen LogP contribution in [0.5, 0.6) is 0 Å². The zero-order chi connectivity index (χ0) is 10.6. The predicted molar refractivity (Wildman–Crippen MR) is 63.4 cm³/mol. The van der Waals surface area contributed by atoms with Gasteiger partial charge in [0, 0.05) is 10.9 Å². The van der Waals surface area contributed by atoms with Gasteiger partial charge in [-0.15, -0.1) is 0 Å². The Bertz CT molecular complexity index is 294. The predicted octanol–water partition coefficient (Wildman–Crippen LogP) is 3.54. The van der Waals surface area contributed by atoms with E-state index in [1.165, 1.54) is 5.56 Å². The van der Waals surface area contributed by atoms with Crippen LogP contribution in [0.1, 0.15) is 32.3 Å². The molecule has 1 unspecified atom stereocenters. The van der Waals surface area contributed by atoms with Crippen LogP contribution in [0.2, 0.25) is 0 Å². The Hall–Kier alpha value is -0.340. The first-order chi connectivity index (χ1) is 6.53. The summed E-state index contributed by atoms with van der Waals surface area (Å²) in [6.45, 7) is 3.99. The van der Waals surface area contributed by atoms with Crippen LogP contribution in [0.4, 0.5) is 0 Å². The summed E-state index contributed by atoms with van der Waals surface area (Å²) in [7, 11) is 0. The average Bonchev–Trinajstić information content (AvgIpc) is 2.02. The van der Waals surface area contributed by atoms with Crippen molar-refractivity contribution >= 4 is 15.9 Å². The first-order valence-electron chi connectivity index (χ1n) is 5.00. The molecular formula is C12H17BrO. The van der Waals surface area contributed by atoms with Crippen LogP contribution >= 0.6 is 15.9 Å². The normalized spacial score (nSPS) is 15.1. The summed E-state index contributed by atoms with van der Waals surface area (Å²) >= 11 is 3.43. The van der Waals surface area contributed by atoms with E-state index in [0.717, 1.165) is 23.7 Å². The smallest absolute Gasteiger partial charge is 0.0659 e. The van der Waals surface area contributed by atoms with E-state index in [1.54, 1.807) is 0 Å². The molecule has 1 nitrogen and oxygen atoms in total. The lowest BCUT2D eigenvalue weighted by Gasteiger charge is -2.22. The first kappa shape index (κ1) is 11.7. The van der Waals surface area contributed by atoms with Crippen molar-refractivity contribution in [3.63, 3.8) is 0 Å². The van der Waals surface area contributed by atoms with Crippen molar-refractivity contribution in [1.82, 2.24) is 0 Å². The van der Waals surface area contributed by atoms with Crippen LogP contribution < -0.4 is 0 Å². The third-order valence-electron chi connectivity index (χ3n) is 2.26. The number of hydrogen-bond donors (Lipinski definition) is 1. The zero-order valence-electron chi connectivity index (χ0n) is 8.76. The molecule has 0 amide bonds. The second-order valence-corrected chi connectivity index (χ2v) is 4.97. The van der Waals surface area contributed by atoms with E-state index in [4.69, 9.17) is 0 Å². The maximum absolute atomic E-state index is 10.0. The van der Waals surface area contributed by atoms with Crippen molar-refractivity contribution in [3.05, 3.63) is 34.3 Å². The van der Waals surface area contributed by atoms with Crippen LogP contribution in [0, 0.1) is 0 Å². The van der Waals surface area contributed by atoms with Crippen molar-refractivity contribution < 1.29 is 5.11 Å². The number of benzene rings is 1. The first-order valence-corrected chi connectivity index (χ1v) is 5.79. The van der Waals surface area contributed by atoms with Crippen LogP contribution in [-0.4, -0.2) is 10.7 Å². The van der Waals surface area contributed by atoms with Gasteiger partial charge < -0.3 is 5.11 Å². The summed E-state index contributed by atoms with van der Waals surface area (Å²) in [5.74, 6) is 0. The molecule has 1 aromatic rings. The molecule has 0 fully saturated rings. The molecule has 0 saturated carbocycles. The molecule has 78 valence electrons. The molecule has 0 heterocycles. The summed E-state index contributed by atoms with van der Waals surface area (Å²) in [5, 5.41) is 10.0. The molecule has 0 bridgehead atoms. The molecule has 0 aliphatic carbocycles. The van der Waals surface area contributed by atoms with Gasteiger partial charge in [-0.25, -0.2) is 0 Å². The van der Waals surface area contributed by atoms with E-state index in [-0.39, 0.29) is 0 Å². The van der Waals surface area contributed by atoms with E-state index >= 15 is 0 Å². The summed E-state index contributed by atoms with van der Waals surface area (Å²) in [5.41, 5.74) is 0.605. The Kier molecular flexibility index (Phi) is 4.14. The molecule has 0 aromatic heterocycles. The van der Waals surface area contributed by atoms with E-state index in [2.05, 4.69) is 35.0 Å². The molecule has 0 spiro atoms. The maximum Gasteiger partial charge on any atom is 0.0659 e. The van der Waals surface area contributed by atoms with Gasteiger partial charge in [-0.05, 0) is 31.0 Å². The maximum atomic E-state index is 10.0. The van der Waals surface area contributed by atoms with E-state index < -0.39 is 5.60 Å². The highest BCUT2D eigenvalue weighted by atomic mass is 79.9. The van der Waals surface area contributed by atoms with E-state index in [9.17, 15) is 5.11 Å². The van der Waals surface area contributed by atoms with Crippen molar-refractivity contribution in [2.24, 2.45) is 0 Å². The summed E-state index contributed by atoms with van der Waals surface area (Å²) in [4.78, 5) is 0. The topological polar surface area (TPSA) is 20.2 Å². The summed E-state index contributed by atoms with van der Waals surface area (Å²) in [6.07, 6.45) is 2.58. The van der Waals surface area contributed by atoms with Gasteiger partial charge in [-0.2, -0.15) is 0 Å². The van der Waals surface area contributed by atoms with Crippen LogP contribution in [0.25, 0.3) is 0 Å². The monoisotopic (exact) mass is 256 g/mol. The third-order valence-corrected chi connectivity index (χ3v) is 2.76. The van der Waals surface area contributed by atoms with Gasteiger partial charge in [-0.1, -0.05) is 41.4 Å². The highest BCUT2D eigenvalue weighted by Crippen LogP contribution is 2.20. The van der Waals surface area contributed by atoms with Crippen molar-refractivity contribution in [2.45, 2.75) is 38.7 Å². The van der Waals surface area contributed by atoms with Crippen molar-refractivity contribution in [3.8, 4) is 0 Å². The van der Waals surface area contributed by atoms with Gasteiger partial charge in [0.05, 0.1) is 5.60 Å². The minimum atomic E-state index is -0.574. The van der Waals surface area contributed by atoms with Gasteiger partial charge in [0.1, 0.15) is 0 Å². The van der Waals surface area contributed by atoms with Crippen LogP contribution in [-0.2, 0) is 6.42 Å². The van der Waals surface area contributed by atoms with Crippen LogP contribution in [0.3, 0.4) is 0 Å². The number of rotatable bonds is 4. The van der Waals surface area contributed by atoms with Crippen LogP contribution in [0.15, 0.2) is 28.7 Å². The minimum Gasteiger partial charge on any atom is -0.390 e. The fraction of sp³-hybridized carbons (Fsp3) is 0.500. The lowest BCUT2D eigenvalue weighted by Crippen LogP contribution is -2.26. The lowest BCUT2D eigenvalue weighted by atomic mass is 9.92. The highest BCUT2D eigenvalue weighted by molar-refractivity contribution is 9.10. The molecule has 14 heavy (non-hydrogen) atoms. The second kappa shape index (κ2) is 4.94. The standard InChI is InChI=1S/C12H17BrO/c1-3-7-12(2,14)9-10-5-4-6-11(13)8-10/h4-6,8,14H,3,7,9H2,1-2H3. The van der Waals surface area contributed by atoms with Gasteiger partial charge in [-0.3, -0.25) is 0 Å². The molecule has 1 rings (SSSR count).